The monoisotopic (exact) mass is 177 g/mol. The Hall–Kier alpha value is 0.270. The van der Waals surface area contributed by atoms with Crippen molar-refractivity contribution in [2.24, 2.45) is 11.7 Å². The molecule has 11 heavy (non-hydrogen) atoms. The first-order chi connectivity index (χ1) is 5.13. The van der Waals surface area contributed by atoms with Crippen LogP contribution in [0.2, 0.25) is 0 Å². The molecule has 0 amide bonds. The summed E-state index contributed by atoms with van der Waals surface area (Å²) in [5, 5.41) is 9.18. The third-order valence-electron chi connectivity index (χ3n) is 1.76. The molecule has 0 spiro atoms. The van der Waals surface area contributed by atoms with E-state index in [1.54, 1.807) is 11.8 Å². The minimum Gasteiger partial charge on any atom is -0.395 e. The SMILES string of the molecule is CCSC(CO)C(N)C(C)C. The maximum atomic E-state index is 8.98. The van der Waals surface area contributed by atoms with Gasteiger partial charge in [0, 0.05) is 11.3 Å². The number of nitrogens with two attached hydrogens (primary N) is 1. The van der Waals surface area contributed by atoms with Gasteiger partial charge in [-0.1, -0.05) is 20.8 Å². The van der Waals surface area contributed by atoms with Crippen LogP contribution in [0.3, 0.4) is 0 Å². The summed E-state index contributed by atoms with van der Waals surface area (Å²) >= 11 is 1.74. The molecule has 2 nitrogen and oxygen atoms in total. The van der Waals surface area contributed by atoms with E-state index in [2.05, 4.69) is 20.8 Å². The maximum Gasteiger partial charge on any atom is 0.0565 e. The summed E-state index contributed by atoms with van der Waals surface area (Å²) in [4.78, 5) is 0. The molecule has 0 saturated carbocycles. The molecule has 3 heteroatoms. The zero-order valence-electron chi connectivity index (χ0n) is 7.58. The minimum absolute atomic E-state index is 0.116. The van der Waals surface area contributed by atoms with Crippen LogP contribution in [0.4, 0.5) is 0 Å². The normalized spacial score (nSPS) is 16.9. The molecule has 0 aliphatic heterocycles. The molecule has 68 valence electrons. The van der Waals surface area contributed by atoms with Crippen molar-refractivity contribution in [1.29, 1.82) is 0 Å². The highest BCUT2D eigenvalue weighted by Gasteiger charge is 2.19. The van der Waals surface area contributed by atoms with Gasteiger partial charge in [-0.3, -0.25) is 0 Å². The van der Waals surface area contributed by atoms with Gasteiger partial charge < -0.3 is 10.8 Å². The molecule has 0 radical (unpaired) electrons. The van der Waals surface area contributed by atoms with Gasteiger partial charge in [-0.05, 0) is 11.7 Å². The number of hydrogen-bond donors (Lipinski definition) is 2. The lowest BCUT2D eigenvalue weighted by molar-refractivity contribution is 0.269. The van der Waals surface area contributed by atoms with Gasteiger partial charge in [0.1, 0.15) is 0 Å². The summed E-state index contributed by atoms with van der Waals surface area (Å²) in [7, 11) is 0. The molecule has 0 rings (SSSR count). The summed E-state index contributed by atoms with van der Waals surface area (Å²) in [5.41, 5.74) is 5.88. The third kappa shape index (κ3) is 3.99. The highest BCUT2D eigenvalue weighted by molar-refractivity contribution is 7.99. The van der Waals surface area contributed by atoms with Crippen LogP contribution < -0.4 is 5.73 Å². The van der Waals surface area contributed by atoms with Crippen molar-refractivity contribution < 1.29 is 5.11 Å². The molecule has 0 aliphatic rings. The lowest BCUT2D eigenvalue weighted by atomic mass is 10.0. The Bertz CT molecular complexity index is 98.1. The number of rotatable bonds is 5. The van der Waals surface area contributed by atoms with E-state index < -0.39 is 0 Å². The second-order valence-corrected chi connectivity index (χ2v) is 4.51. The predicted molar refractivity (Wildman–Crippen MR) is 51.8 cm³/mol. The first-order valence-electron chi connectivity index (χ1n) is 4.11. The Balaban J connectivity index is 3.81. The zero-order valence-corrected chi connectivity index (χ0v) is 8.40. The van der Waals surface area contributed by atoms with Crippen molar-refractivity contribution >= 4 is 11.8 Å². The number of hydrogen-bond acceptors (Lipinski definition) is 3. The zero-order chi connectivity index (χ0) is 8.85. The Kier molecular flexibility index (Phi) is 6.01. The molecule has 0 aliphatic carbocycles. The van der Waals surface area contributed by atoms with E-state index in [0.717, 1.165) is 5.75 Å². The van der Waals surface area contributed by atoms with Gasteiger partial charge in [0.15, 0.2) is 0 Å². The van der Waals surface area contributed by atoms with Crippen molar-refractivity contribution in [1.82, 2.24) is 0 Å². The molecule has 2 atom stereocenters. The summed E-state index contributed by atoms with van der Waals surface area (Å²) in [6.07, 6.45) is 0. The van der Waals surface area contributed by atoms with E-state index in [1.807, 2.05) is 0 Å². The second kappa shape index (κ2) is 5.86. The van der Waals surface area contributed by atoms with Gasteiger partial charge >= 0.3 is 0 Å². The van der Waals surface area contributed by atoms with Gasteiger partial charge in [-0.15, -0.1) is 0 Å². The molecule has 2 unspecified atom stereocenters. The Morgan fingerprint density at radius 3 is 2.27 bits per heavy atom. The highest BCUT2D eigenvalue weighted by Crippen LogP contribution is 2.17. The molecule has 0 heterocycles. The first kappa shape index (κ1) is 11.3. The number of aliphatic hydroxyl groups excluding tert-OH is 1. The maximum absolute atomic E-state index is 8.98. The van der Waals surface area contributed by atoms with E-state index in [4.69, 9.17) is 10.8 Å². The van der Waals surface area contributed by atoms with Crippen LogP contribution in [0.1, 0.15) is 20.8 Å². The second-order valence-electron chi connectivity index (χ2n) is 3.00. The van der Waals surface area contributed by atoms with Crippen molar-refractivity contribution in [2.75, 3.05) is 12.4 Å². The standard InChI is InChI=1S/C8H19NOS/c1-4-11-7(5-10)8(9)6(2)3/h6-8,10H,4-5,9H2,1-3H3. The molecular weight excluding hydrogens is 158 g/mol. The highest BCUT2D eigenvalue weighted by atomic mass is 32.2. The van der Waals surface area contributed by atoms with Gasteiger partial charge in [0.25, 0.3) is 0 Å². The summed E-state index contributed by atoms with van der Waals surface area (Å²) in [5.74, 6) is 1.47. The van der Waals surface area contributed by atoms with Crippen LogP contribution in [-0.4, -0.2) is 28.8 Å². The average molecular weight is 177 g/mol. The molecule has 0 aromatic carbocycles. The van der Waals surface area contributed by atoms with Crippen molar-refractivity contribution in [2.45, 2.75) is 32.1 Å². The fourth-order valence-electron chi connectivity index (χ4n) is 0.929. The van der Waals surface area contributed by atoms with Crippen molar-refractivity contribution in [3.63, 3.8) is 0 Å². The summed E-state index contributed by atoms with van der Waals surface area (Å²) in [6, 6.07) is 0.116. The van der Waals surface area contributed by atoms with E-state index in [9.17, 15) is 0 Å². The molecular formula is C8H19NOS. The van der Waals surface area contributed by atoms with Gasteiger partial charge in [-0.25, -0.2) is 0 Å². The van der Waals surface area contributed by atoms with Crippen LogP contribution in [0.15, 0.2) is 0 Å². The number of aliphatic hydroxyl groups is 1. The van der Waals surface area contributed by atoms with Crippen LogP contribution in [0, 0.1) is 5.92 Å². The minimum atomic E-state index is 0.116. The third-order valence-corrected chi connectivity index (χ3v) is 2.98. The fourth-order valence-corrected chi connectivity index (χ4v) is 2.00. The molecule has 0 bridgehead atoms. The topological polar surface area (TPSA) is 46.2 Å². The molecule has 0 aromatic heterocycles. The van der Waals surface area contributed by atoms with Crippen LogP contribution in [0.5, 0.6) is 0 Å². The predicted octanol–water partition coefficient (Wildman–Crippen LogP) is 1.08. The molecule has 3 N–H and O–H groups in total. The molecule has 0 fully saturated rings. The van der Waals surface area contributed by atoms with Crippen LogP contribution in [-0.2, 0) is 0 Å². The van der Waals surface area contributed by atoms with Gasteiger partial charge in [0.2, 0.25) is 0 Å². The van der Waals surface area contributed by atoms with E-state index in [0.29, 0.717) is 5.92 Å². The Labute approximate surface area is 73.6 Å². The Morgan fingerprint density at radius 1 is 1.45 bits per heavy atom. The van der Waals surface area contributed by atoms with Crippen LogP contribution in [0.25, 0.3) is 0 Å². The quantitative estimate of drug-likeness (QED) is 0.660. The van der Waals surface area contributed by atoms with Gasteiger partial charge in [0.05, 0.1) is 6.61 Å². The molecule has 0 saturated heterocycles. The van der Waals surface area contributed by atoms with Crippen LogP contribution >= 0.6 is 11.8 Å². The molecule has 0 aromatic rings. The lowest BCUT2D eigenvalue weighted by Crippen LogP contribution is -2.39. The van der Waals surface area contributed by atoms with Gasteiger partial charge in [-0.2, -0.15) is 11.8 Å². The first-order valence-corrected chi connectivity index (χ1v) is 5.16. The summed E-state index contributed by atoms with van der Waals surface area (Å²) < 4.78 is 0. The number of thioether (sulfide) groups is 1. The average Bonchev–Trinajstić information content (AvgIpc) is 1.98. The van der Waals surface area contributed by atoms with E-state index in [-0.39, 0.29) is 17.9 Å². The Morgan fingerprint density at radius 2 is 2.00 bits per heavy atom. The van der Waals surface area contributed by atoms with Crippen molar-refractivity contribution in [3.8, 4) is 0 Å². The van der Waals surface area contributed by atoms with E-state index >= 15 is 0 Å². The fraction of sp³-hybridized carbons (Fsp3) is 1.00. The van der Waals surface area contributed by atoms with Crippen molar-refractivity contribution in [3.05, 3.63) is 0 Å². The largest absolute Gasteiger partial charge is 0.395 e. The summed E-state index contributed by atoms with van der Waals surface area (Å²) in [6.45, 7) is 6.45. The van der Waals surface area contributed by atoms with E-state index in [1.165, 1.54) is 0 Å². The lowest BCUT2D eigenvalue weighted by Gasteiger charge is -2.23. The smallest absolute Gasteiger partial charge is 0.0565 e.